The highest BCUT2D eigenvalue weighted by Crippen LogP contribution is 2.26. The first-order valence-corrected chi connectivity index (χ1v) is 12.7. The number of hydrazone groups is 1. The van der Waals surface area contributed by atoms with E-state index in [0.29, 0.717) is 12.5 Å². The predicted molar refractivity (Wildman–Crippen MR) is 157 cm³/mol. The molecule has 0 unspecified atom stereocenters. The van der Waals surface area contributed by atoms with Crippen molar-refractivity contribution in [2.24, 2.45) is 16.0 Å². The Labute approximate surface area is 217 Å². The number of anilines is 1. The highest BCUT2D eigenvalue weighted by Gasteiger charge is 2.19. The van der Waals surface area contributed by atoms with Crippen LogP contribution in [0.15, 0.2) is 95.5 Å². The molecule has 0 aliphatic rings. The molecule has 0 aromatic heterocycles. The van der Waals surface area contributed by atoms with E-state index < -0.39 is 0 Å². The molecule has 0 heterocycles. The average Bonchev–Trinajstić information content (AvgIpc) is 2.88. The maximum absolute atomic E-state index is 4.43. The molecule has 0 atom stereocenters. The fourth-order valence-electron chi connectivity index (χ4n) is 4.08. The summed E-state index contributed by atoms with van der Waals surface area (Å²) in [6.45, 7) is 19.9. The van der Waals surface area contributed by atoms with Crippen molar-refractivity contribution in [1.82, 2.24) is 5.32 Å². The molecule has 0 bridgehead atoms. The normalized spacial score (nSPS) is 12.0. The van der Waals surface area contributed by atoms with Crippen molar-refractivity contribution in [1.29, 1.82) is 0 Å². The molecule has 0 radical (unpaired) electrons. The molecule has 0 amide bonds. The van der Waals surface area contributed by atoms with Gasteiger partial charge in [-0.15, -0.1) is 6.58 Å². The number of rotatable bonds is 11. The molecular weight excluding hydrogens is 440 g/mol. The molecular formula is C32H40N4. The largest absolute Gasteiger partial charge is 0.308 e. The predicted octanol–water partition coefficient (Wildman–Crippen LogP) is 7.45. The number of aliphatic imine (C=N–C) groups is 1. The van der Waals surface area contributed by atoms with E-state index in [1.807, 2.05) is 6.92 Å². The minimum absolute atomic E-state index is 0.0436. The Hall–Kier alpha value is -3.50. The second kappa shape index (κ2) is 12.5. The van der Waals surface area contributed by atoms with Crippen LogP contribution in [0.2, 0.25) is 0 Å². The molecule has 3 aromatic carbocycles. The van der Waals surface area contributed by atoms with E-state index in [0.717, 1.165) is 24.5 Å². The van der Waals surface area contributed by atoms with Crippen LogP contribution in [0.1, 0.15) is 51.3 Å². The van der Waals surface area contributed by atoms with E-state index in [9.17, 15) is 0 Å². The SMILES string of the molecule is C=CC/N=C(/C)N(N=C)c1ccc(Cc2ccc(-c3ccc(C(C)(C)NCC(C)C)cc3)cc2)cc1. The minimum atomic E-state index is -0.0436. The van der Waals surface area contributed by atoms with Crippen molar-refractivity contribution < 1.29 is 0 Å². The Bertz CT molecular complexity index is 1150. The van der Waals surface area contributed by atoms with Gasteiger partial charge in [-0.1, -0.05) is 80.6 Å². The second-order valence-electron chi connectivity index (χ2n) is 10.1. The lowest BCUT2D eigenvalue weighted by molar-refractivity contribution is 0.374. The fourth-order valence-corrected chi connectivity index (χ4v) is 4.08. The molecule has 188 valence electrons. The van der Waals surface area contributed by atoms with Crippen molar-refractivity contribution in [3.63, 3.8) is 0 Å². The molecule has 3 aromatic rings. The number of hydrogen-bond donors (Lipinski definition) is 1. The lowest BCUT2D eigenvalue weighted by Crippen LogP contribution is -2.38. The van der Waals surface area contributed by atoms with Gasteiger partial charge in [-0.25, -0.2) is 5.01 Å². The van der Waals surface area contributed by atoms with Gasteiger partial charge in [0.1, 0.15) is 5.84 Å². The van der Waals surface area contributed by atoms with Crippen LogP contribution in [0.4, 0.5) is 5.69 Å². The van der Waals surface area contributed by atoms with Gasteiger partial charge in [0, 0.05) is 12.3 Å². The Kier molecular flexibility index (Phi) is 9.38. The van der Waals surface area contributed by atoms with E-state index in [-0.39, 0.29) is 5.54 Å². The van der Waals surface area contributed by atoms with Crippen molar-refractivity contribution >= 4 is 18.2 Å². The van der Waals surface area contributed by atoms with Crippen LogP contribution in [0.25, 0.3) is 11.1 Å². The summed E-state index contributed by atoms with van der Waals surface area (Å²) in [6.07, 6.45) is 2.64. The third-order valence-corrected chi connectivity index (χ3v) is 6.33. The molecule has 4 nitrogen and oxygen atoms in total. The van der Waals surface area contributed by atoms with Gasteiger partial charge < -0.3 is 5.32 Å². The maximum atomic E-state index is 4.43. The van der Waals surface area contributed by atoms with Gasteiger partial charge in [0.05, 0.1) is 12.2 Å². The zero-order valence-corrected chi connectivity index (χ0v) is 22.5. The first-order chi connectivity index (χ1) is 17.2. The smallest absolute Gasteiger partial charge is 0.122 e. The van der Waals surface area contributed by atoms with Gasteiger partial charge in [0.25, 0.3) is 0 Å². The summed E-state index contributed by atoms with van der Waals surface area (Å²) >= 11 is 0. The standard InChI is InChI=1S/C32H40N4/c1-8-21-34-25(4)36(33-7)31-19-11-27(12-20-31)22-26-9-13-28(14-10-26)29-15-17-30(18-16-29)32(5,6)35-23-24(2)3/h8-20,24,35H,1,7,21-23H2,2-6H3/b34-25-. The van der Waals surface area contributed by atoms with Gasteiger partial charge >= 0.3 is 0 Å². The van der Waals surface area contributed by atoms with Crippen LogP contribution in [-0.4, -0.2) is 25.6 Å². The van der Waals surface area contributed by atoms with Crippen LogP contribution >= 0.6 is 0 Å². The van der Waals surface area contributed by atoms with E-state index >= 15 is 0 Å². The molecule has 0 saturated heterocycles. The fraction of sp³-hybridized carbons (Fsp3) is 0.312. The molecule has 36 heavy (non-hydrogen) atoms. The number of nitrogens with one attached hydrogen (secondary N) is 1. The topological polar surface area (TPSA) is 40.0 Å². The molecule has 0 aliphatic heterocycles. The van der Waals surface area contributed by atoms with Gasteiger partial charge in [-0.3, -0.25) is 4.99 Å². The Morgan fingerprint density at radius 1 is 0.917 bits per heavy atom. The van der Waals surface area contributed by atoms with Crippen molar-refractivity contribution in [3.8, 4) is 11.1 Å². The monoisotopic (exact) mass is 480 g/mol. The molecule has 0 fully saturated rings. The van der Waals surface area contributed by atoms with Gasteiger partial charge in [-0.2, -0.15) is 5.10 Å². The summed E-state index contributed by atoms with van der Waals surface area (Å²) in [5.74, 6) is 1.42. The number of hydrogen-bond acceptors (Lipinski definition) is 3. The molecule has 0 saturated carbocycles. The summed E-state index contributed by atoms with van der Waals surface area (Å²) in [5.41, 5.74) is 7.20. The second-order valence-corrected chi connectivity index (χ2v) is 10.1. The first kappa shape index (κ1) is 27.1. The first-order valence-electron chi connectivity index (χ1n) is 12.7. The summed E-state index contributed by atoms with van der Waals surface area (Å²) in [5, 5.41) is 9.53. The van der Waals surface area contributed by atoms with Gasteiger partial charge in [0.2, 0.25) is 0 Å². The lowest BCUT2D eigenvalue weighted by atomic mass is 9.91. The summed E-state index contributed by atoms with van der Waals surface area (Å²) in [7, 11) is 0. The van der Waals surface area contributed by atoms with Crippen LogP contribution in [-0.2, 0) is 12.0 Å². The van der Waals surface area contributed by atoms with Crippen LogP contribution in [0.3, 0.4) is 0 Å². The highest BCUT2D eigenvalue weighted by atomic mass is 15.5. The van der Waals surface area contributed by atoms with Gasteiger partial charge in [-0.05, 0) is 79.6 Å². The Balaban J connectivity index is 1.66. The third-order valence-electron chi connectivity index (χ3n) is 6.33. The maximum Gasteiger partial charge on any atom is 0.122 e. The Morgan fingerprint density at radius 2 is 1.44 bits per heavy atom. The highest BCUT2D eigenvalue weighted by molar-refractivity contribution is 5.95. The zero-order valence-electron chi connectivity index (χ0n) is 22.5. The van der Waals surface area contributed by atoms with E-state index in [4.69, 9.17) is 0 Å². The van der Waals surface area contributed by atoms with E-state index in [2.05, 4.69) is 129 Å². The van der Waals surface area contributed by atoms with Crippen molar-refractivity contribution in [2.75, 3.05) is 18.1 Å². The molecule has 0 spiro atoms. The van der Waals surface area contributed by atoms with Crippen LogP contribution < -0.4 is 10.3 Å². The van der Waals surface area contributed by atoms with Crippen molar-refractivity contribution in [2.45, 2.75) is 46.6 Å². The number of benzene rings is 3. The number of amidine groups is 1. The minimum Gasteiger partial charge on any atom is -0.308 e. The van der Waals surface area contributed by atoms with E-state index in [1.54, 1.807) is 11.1 Å². The Morgan fingerprint density at radius 3 is 1.94 bits per heavy atom. The summed E-state index contributed by atoms with van der Waals surface area (Å²) in [4.78, 5) is 4.43. The molecule has 4 heteroatoms. The molecule has 3 rings (SSSR count). The zero-order chi connectivity index (χ0) is 26.1. The molecule has 0 aliphatic carbocycles. The average molecular weight is 481 g/mol. The van der Waals surface area contributed by atoms with Gasteiger partial charge in [0.15, 0.2) is 0 Å². The lowest BCUT2D eigenvalue weighted by Gasteiger charge is -2.28. The van der Waals surface area contributed by atoms with E-state index in [1.165, 1.54) is 27.8 Å². The summed E-state index contributed by atoms with van der Waals surface area (Å²) in [6, 6.07) is 26.2. The van der Waals surface area contributed by atoms with Crippen molar-refractivity contribution in [3.05, 3.63) is 102 Å². The third kappa shape index (κ3) is 7.25. The number of nitrogens with zero attached hydrogens (tertiary/aromatic N) is 3. The summed E-state index contributed by atoms with van der Waals surface area (Å²) < 4.78 is 0. The quantitative estimate of drug-likeness (QED) is 0.134. The van der Waals surface area contributed by atoms with Crippen LogP contribution in [0, 0.1) is 5.92 Å². The molecule has 1 N–H and O–H groups in total. The van der Waals surface area contributed by atoms with Crippen LogP contribution in [0.5, 0.6) is 0 Å².